The van der Waals surface area contributed by atoms with Crippen LogP contribution in [0.4, 0.5) is 0 Å². The average molecular weight is 407 g/mol. The molecule has 0 bridgehead atoms. The number of ether oxygens (including phenoxy) is 1. The zero-order valence-corrected chi connectivity index (χ0v) is 17.5. The van der Waals surface area contributed by atoms with Crippen molar-refractivity contribution in [2.45, 2.75) is 39.0 Å². The molecule has 2 aromatic carbocycles. The van der Waals surface area contributed by atoms with Gasteiger partial charge >= 0.3 is 0 Å². The summed E-state index contributed by atoms with van der Waals surface area (Å²) in [6, 6.07) is 16.3. The first-order chi connectivity index (χ1) is 14.7. The maximum atomic E-state index is 10.7. The maximum Gasteiger partial charge on any atom is 0.124 e. The number of hydrogen-bond acceptors (Lipinski definition) is 5. The van der Waals surface area contributed by atoms with Crippen LogP contribution in [0.25, 0.3) is 10.9 Å². The highest BCUT2D eigenvalue weighted by molar-refractivity contribution is 5.81. The van der Waals surface area contributed by atoms with Gasteiger partial charge in [0.05, 0.1) is 24.8 Å². The van der Waals surface area contributed by atoms with Crippen LogP contribution in [-0.2, 0) is 19.6 Å². The SMILES string of the molecule is CCCOc1ccc(CN2C[C@@H](Cc3ccnc4ccccc34)[C@@H](O)C2)cc1CO. The number of aromatic nitrogens is 1. The van der Waals surface area contributed by atoms with Crippen molar-refractivity contribution in [3.05, 3.63) is 71.4 Å². The number of hydrogen-bond donors (Lipinski definition) is 2. The summed E-state index contributed by atoms with van der Waals surface area (Å²) in [5.41, 5.74) is 4.19. The van der Waals surface area contributed by atoms with E-state index in [0.717, 1.165) is 48.3 Å². The van der Waals surface area contributed by atoms with Crippen molar-refractivity contribution >= 4 is 10.9 Å². The normalized spacial score (nSPS) is 19.4. The van der Waals surface area contributed by atoms with E-state index in [9.17, 15) is 10.2 Å². The minimum Gasteiger partial charge on any atom is -0.493 e. The number of nitrogens with zero attached hydrogens (tertiary/aromatic N) is 2. The Morgan fingerprint density at radius 1 is 1.10 bits per heavy atom. The molecular weight excluding hydrogens is 376 g/mol. The molecule has 5 heteroatoms. The highest BCUT2D eigenvalue weighted by Crippen LogP contribution is 2.27. The number of para-hydroxylation sites is 1. The van der Waals surface area contributed by atoms with Gasteiger partial charge in [0.2, 0.25) is 0 Å². The molecule has 30 heavy (non-hydrogen) atoms. The van der Waals surface area contributed by atoms with Crippen LogP contribution < -0.4 is 4.74 Å². The van der Waals surface area contributed by atoms with Gasteiger partial charge in [-0.25, -0.2) is 0 Å². The summed E-state index contributed by atoms with van der Waals surface area (Å²) >= 11 is 0. The second-order valence-electron chi connectivity index (χ2n) is 8.16. The van der Waals surface area contributed by atoms with Crippen molar-refractivity contribution in [2.75, 3.05) is 19.7 Å². The summed E-state index contributed by atoms with van der Waals surface area (Å²) in [6.45, 7) is 4.95. The molecule has 5 nitrogen and oxygen atoms in total. The van der Waals surface area contributed by atoms with Gasteiger partial charge in [0, 0.05) is 42.7 Å². The minimum absolute atomic E-state index is 0.0345. The average Bonchev–Trinajstić information content (AvgIpc) is 3.11. The summed E-state index contributed by atoms with van der Waals surface area (Å²) in [5, 5.41) is 21.6. The fourth-order valence-electron chi connectivity index (χ4n) is 4.35. The first-order valence-corrected chi connectivity index (χ1v) is 10.8. The lowest BCUT2D eigenvalue weighted by atomic mass is 9.94. The molecular formula is C25H30N2O3. The Labute approximate surface area is 177 Å². The van der Waals surface area contributed by atoms with Crippen molar-refractivity contribution in [2.24, 2.45) is 5.92 Å². The molecule has 0 spiro atoms. The van der Waals surface area contributed by atoms with Gasteiger partial charge in [-0.1, -0.05) is 31.2 Å². The Kier molecular flexibility index (Phi) is 6.62. The molecule has 0 unspecified atom stereocenters. The largest absolute Gasteiger partial charge is 0.493 e. The quantitative estimate of drug-likeness (QED) is 0.599. The minimum atomic E-state index is -0.346. The van der Waals surface area contributed by atoms with E-state index in [1.807, 2.05) is 36.5 Å². The van der Waals surface area contributed by atoms with Crippen molar-refractivity contribution in [1.29, 1.82) is 0 Å². The fourth-order valence-corrected chi connectivity index (χ4v) is 4.35. The number of pyridine rings is 1. The van der Waals surface area contributed by atoms with Crippen LogP contribution in [0.2, 0.25) is 0 Å². The molecule has 4 rings (SSSR count). The number of aliphatic hydroxyl groups is 2. The predicted molar refractivity (Wildman–Crippen MR) is 118 cm³/mol. The van der Waals surface area contributed by atoms with Gasteiger partial charge < -0.3 is 14.9 Å². The molecule has 0 radical (unpaired) electrons. The van der Waals surface area contributed by atoms with Crippen LogP contribution in [-0.4, -0.2) is 45.9 Å². The lowest BCUT2D eigenvalue weighted by molar-refractivity contribution is 0.141. The second-order valence-corrected chi connectivity index (χ2v) is 8.16. The Bertz CT molecular complexity index is 986. The Morgan fingerprint density at radius 3 is 2.80 bits per heavy atom. The molecule has 1 aliphatic rings. The highest BCUT2D eigenvalue weighted by Gasteiger charge is 2.31. The van der Waals surface area contributed by atoms with Gasteiger partial charge in [-0.3, -0.25) is 9.88 Å². The van der Waals surface area contributed by atoms with E-state index in [4.69, 9.17) is 4.74 Å². The van der Waals surface area contributed by atoms with Crippen molar-refractivity contribution < 1.29 is 14.9 Å². The fraction of sp³-hybridized carbons (Fsp3) is 0.400. The Hall–Kier alpha value is -2.47. The van der Waals surface area contributed by atoms with E-state index in [1.54, 1.807) is 0 Å². The lowest BCUT2D eigenvalue weighted by Crippen LogP contribution is -2.21. The molecule has 0 aliphatic carbocycles. The molecule has 2 heterocycles. The Morgan fingerprint density at radius 2 is 1.97 bits per heavy atom. The van der Waals surface area contributed by atoms with Gasteiger partial charge in [0.25, 0.3) is 0 Å². The van der Waals surface area contributed by atoms with Gasteiger partial charge in [-0.15, -0.1) is 0 Å². The van der Waals surface area contributed by atoms with E-state index in [0.29, 0.717) is 13.2 Å². The first-order valence-electron chi connectivity index (χ1n) is 10.8. The van der Waals surface area contributed by atoms with Crippen LogP contribution in [0.15, 0.2) is 54.7 Å². The van der Waals surface area contributed by atoms with Crippen molar-refractivity contribution in [3.8, 4) is 5.75 Å². The number of β-amino-alcohol motifs (C(OH)–C–C–N with tert-alkyl or cyclic N) is 1. The van der Waals surface area contributed by atoms with Gasteiger partial charge in [0.1, 0.15) is 5.75 Å². The number of fused-ring (bicyclic) bond motifs is 1. The summed E-state index contributed by atoms with van der Waals surface area (Å²) < 4.78 is 5.72. The summed E-state index contributed by atoms with van der Waals surface area (Å²) in [5.74, 6) is 0.951. The van der Waals surface area contributed by atoms with Gasteiger partial charge in [-0.2, -0.15) is 0 Å². The predicted octanol–water partition coefficient (Wildman–Crippen LogP) is 3.55. The molecule has 0 amide bonds. The number of likely N-dealkylation sites (tertiary alicyclic amines) is 1. The third kappa shape index (κ3) is 4.64. The zero-order chi connectivity index (χ0) is 20.9. The molecule has 2 N–H and O–H groups in total. The summed E-state index contributed by atoms with van der Waals surface area (Å²) in [4.78, 5) is 6.74. The van der Waals surface area contributed by atoms with Crippen molar-refractivity contribution in [3.63, 3.8) is 0 Å². The number of rotatable bonds is 8. The van der Waals surface area contributed by atoms with E-state index in [2.05, 4.69) is 35.0 Å². The lowest BCUT2D eigenvalue weighted by Gasteiger charge is -2.18. The molecule has 1 fully saturated rings. The zero-order valence-electron chi connectivity index (χ0n) is 17.5. The molecule has 1 aliphatic heterocycles. The third-order valence-electron chi connectivity index (χ3n) is 5.87. The van der Waals surface area contributed by atoms with Crippen molar-refractivity contribution in [1.82, 2.24) is 9.88 Å². The van der Waals surface area contributed by atoms with E-state index in [-0.39, 0.29) is 18.6 Å². The maximum absolute atomic E-state index is 10.7. The smallest absolute Gasteiger partial charge is 0.124 e. The monoisotopic (exact) mass is 406 g/mol. The summed E-state index contributed by atoms with van der Waals surface area (Å²) in [6.07, 6.45) is 3.29. The van der Waals surface area contributed by atoms with Crippen LogP contribution in [0.3, 0.4) is 0 Å². The van der Waals surface area contributed by atoms with Crippen LogP contribution in [0, 0.1) is 5.92 Å². The van der Waals surface area contributed by atoms with E-state index < -0.39 is 0 Å². The third-order valence-corrected chi connectivity index (χ3v) is 5.87. The van der Waals surface area contributed by atoms with Crippen LogP contribution >= 0.6 is 0 Å². The molecule has 3 aromatic rings. The standard InChI is InChI=1S/C25H30N2O3/c1-2-11-30-25-8-7-18(12-21(25)17-28)14-27-15-20(24(29)16-27)13-19-9-10-26-23-6-4-3-5-22(19)23/h3-10,12,20,24,28-29H,2,11,13-17H2,1H3/t20-,24+/m1/s1. The second kappa shape index (κ2) is 9.56. The summed E-state index contributed by atoms with van der Waals surface area (Å²) in [7, 11) is 0. The Balaban J connectivity index is 1.43. The van der Waals surface area contributed by atoms with E-state index in [1.165, 1.54) is 10.9 Å². The van der Waals surface area contributed by atoms with Crippen LogP contribution in [0.1, 0.15) is 30.0 Å². The van der Waals surface area contributed by atoms with Crippen LogP contribution in [0.5, 0.6) is 5.75 Å². The molecule has 0 saturated carbocycles. The first kappa shape index (κ1) is 20.8. The number of benzene rings is 2. The molecule has 1 saturated heterocycles. The highest BCUT2D eigenvalue weighted by atomic mass is 16.5. The topological polar surface area (TPSA) is 65.8 Å². The van der Waals surface area contributed by atoms with E-state index >= 15 is 0 Å². The molecule has 2 atom stereocenters. The molecule has 1 aromatic heterocycles. The van der Waals surface area contributed by atoms with Gasteiger partial charge in [0.15, 0.2) is 0 Å². The van der Waals surface area contributed by atoms with Gasteiger partial charge in [-0.05, 0) is 48.2 Å². The molecule has 158 valence electrons. The number of aliphatic hydroxyl groups excluding tert-OH is 2.